The van der Waals surface area contributed by atoms with Crippen molar-refractivity contribution in [2.45, 2.75) is 31.1 Å². The van der Waals surface area contributed by atoms with Crippen molar-refractivity contribution in [3.8, 4) is 0 Å². The normalized spacial score (nSPS) is 12.5. The minimum Gasteiger partial charge on any atom is -0.480 e. The van der Waals surface area contributed by atoms with Crippen LogP contribution in [0.15, 0.2) is 30.3 Å². The molecule has 2 amide bonds. The van der Waals surface area contributed by atoms with Crippen LogP contribution in [-0.4, -0.2) is 40.7 Å². The molecule has 0 heterocycles. The quantitative estimate of drug-likeness (QED) is 0.721. The summed E-state index contributed by atoms with van der Waals surface area (Å²) in [5, 5.41) is 14.4. The first-order valence-electron chi connectivity index (χ1n) is 6.70. The maximum absolute atomic E-state index is 11.8. The van der Waals surface area contributed by atoms with Gasteiger partial charge in [0.25, 0.3) is 0 Å². The molecule has 1 rings (SSSR count). The molecule has 0 aromatic heterocycles. The minimum atomic E-state index is -1.04. The molecule has 1 aromatic rings. The predicted octanol–water partition coefficient (Wildman–Crippen LogP) is 2.12. The Labute approximate surface area is 129 Å². The lowest BCUT2D eigenvalue weighted by molar-refractivity contribution is -0.139. The molecule has 1 aromatic carbocycles. The van der Waals surface area contributed by atoms with Crippen molar-refractivity contribution in [3.05, 3.63) is 35.9 Å². The minimum absolute atomic E-state index is 0.0878. The Kier molecular flexibility index (Phi) is 6.55. The highest BCUT2D eigenvalue weighted by Gasteiger charge is 2.22. The van der Waals surface area contributed by atoms with Gasteiger partial charge in [-0.1, -0.05) is 30.3 Å². The summed E-state index contributed by atoms with van der Waals surface area (Å²) < 4.78 is -0.0878. The summed E-state index contributed by atoms with van der Waals surface area (Å²) in [6.45, 7) is 4.49. The molecule has 1 atom stereocenters. The molecular formula is C15H22N2O3S. The van der Waals surface area contributed by atoms with E-state index in [1.54, 1.807) is 11.8 Å². The molecular weight excluding hydrogens is 288 g/mol. The third-order valence-corrected chi connectivity index (χ3v) is 4.36. The number of carboxylic acid groups (broad SMARTS) is 1. The van der Waals surface area contributed by atoms with Crippen LogP contribution in [0.1, 0.15) is 19.4 Å². The number of urea groups is 1. The fraction of sp³-hybridized carbons (Fsp3) is 0.467. The molecule has 0 saturated carbocycles. The third-order valence-electron chi connectivity index (χ3n) is 3.11. The van der Waals surface area contributed by atoms with E-state index < -0.39 is 18.0 Å². The molecule has 0 aliphatic carbocycles. The maximum atomic E-state index is 11.8. The molecule has 5 nitrogen and oxygen atoms in total. The highest BCUT2D eigenvalue weighted by molar-refractivity contribution is 7.99. The average Bonchev–Trinajstić information content (AvgIpc) is 2.45. The van der Waals surface area contributed by atoms with Crippen molar-refractivity contribution in [2.75, 3.05) is 12.8 Å². The number of amides is 2. The van der Waals surface area contributed by atoms with Gasteiger partial charge in [-0.3, -0.25) is 0 Å². The van der Waals surface area contributed by atoms with Gasteiger partial charge >= 0.3 is 12.0 Å². The van der Waals surface area contributed by atoms with Crippen LogP contribution in [0.2, 0.25) is 0 Å². The zero-order valence-electron chi connectivity index (χ0n) is 12.6. The Morgan fingerprint density at radius 1 is 1.29 bits per heavy atom. The van der Waals surface area contributed by atoms with Gasteiger partial charge in [0.15, 0.2) is 0 Å². The van der Waals surface area contributed by atoms with E-state index in [1.807, 2.05) is 50.4 Å². The van der Waals surface area contributed by atoms with Crippen molar-refractivity contribution >= 4 is 23.8 Å². The summed E-state index contributed by atoms with van der Waals surface area (Å²) in [6, 6.07) is 7.83. The molecule has 0 spiro atoms. The van der Waals surface area contributed by atoms with Crippen LogP contribution in [0, 0.1) is 0 Å². The van der Waals surface area contributed by atoms with Crippen LogP contribution in [0.4, 0.5) is 4.79 Å². The molecule has 0 aliphatic rings. The molecule has 0 unspecified atom stereocenters. The van der Waals surface area contributed by atoms with E-state index in [0.29, 0.717) is 6.54 Å². The van der Waals surface area contributed by atoms with Crippen LogP contribution >= 0.6 is 11.8 Å². The summed E-state index contributed by atoms with van der Waals surface area (Å²) in [4.78, 5) is 23.1. The first-order valence-corrected chi connectivity index (χ1v) is 7.93. The fourth-order valence-corrected chi connectivity index (χ4v) is 1.84. The van der Waals surface area contributed by atoms with E-state index in [-0.39, 0.29) is 11.2 Å². The number of hydrogen-bond acceptors (Lipinski definition) is 3. The number of carbonyl (C=O) groups is 2. The number of aliphatic carboxylic acids is 1. The Morgan fingerprint density at radius 2 is 1.90 bits per heavy atom. The smallest absolute Gasteiger partial charge is 0.326 e. The second-order valence-electron chi connectivity index (χ2n) is 5.37. The van der Waals surface area contributed by atoms with E-state index in [2.05, 4.69) is 10.6 Å². The molecule has 0 radical (unpaired) electrons. The topological polar surface area (TPSA) is 78.4 Å². The lowest BCUT2D eigenvalue weighted by atomic mass is 10.1. The zero-order valence-corrected chi connectivity index (χ0v) is 13.4. The van der Waals surface area contributed by atoms with Crippen LogP contribution in [0.3, 0.4) is 0 Å². The molecule has 21 heavy (non-hydrogen) atoms. The number of carboxylic acids is 1. The van der Waals surface area contributed by atoms with Gasteiger partial charge in [-0.15, -0.1) is 0 Å². The molecule has 0 aliphatic heterocycles. The first kappa shape index (κ1) is 17.4. The van der Waals surface area contributed by atoms with Gasteiger partial charge in [-0.05, 0) is 25.7 Å². The molecule has 0 fully saturated rings. The second-order valence-corrected chi connectivity index (χ2v) is 6.88. The SMILES string of the molecule is CSC(C)(C)CNC(=O)N[C@@H](Cc1ccccc1)C(=O)O. The van der Waals surface area contributed by atoms with Gasteiger partial charge in [-0.25, -0.2) is 9.59 Å². The molecule has 3 N–H and O–H groups in total. The summed E-state index contributed by atoms with van der Waals surface area (Å²) in [5.74, 6) is -1.04. The van der Waals surface area contributed by atoms with Gasteiger partial charge in [0.05, 0.1) is 0 Å². The van der Waals surface area contributed by atoms with Crippen molar-refractivity contribution in [1.82, 2.24) is 10.6 Å². The van der Waals surface area contributed by atoms with E-state index in [9.17, 15) is 14.7 Å². The summed E-state index contributed by atoms with van der Waals surface area (Å²) in [5.41, 5.74) is 0.870. The Bertz CT molecular complexity index is 477. The largest absolute Gasteiger partial charge is 0.480 e. The van der Waals surface area contributed by atoms with Crippen molar-refractivity contribution < 1.29 is 14.7 Å². The Morgan fingerprint density at radius 3 is 2.43 bits per heavy atom. The van der Waals surface area contributed by atoms with Gasteiger partial charge in [0.1, 0.15) is 6.04 Å². The van der Waals surface area contributed by atoms with E-state index in [0.717, 1.165) is 5.56 Å². The molecule has 0 saturated heterocycles. The standard InChI is InChI=1S/C15H22N2O3S/c1-15(2,21-3)10-16-14(20)17-12(13(18)19)9-11-7-5-4-6-8-11/h4-8,12H,9-10H2,1-3H3,(H,18,19)(H2,16,17,20)/t12-/m0/s1. The van der Waals surface area contributed by atoms with E-state index >= 15 is 0 Å². The summed E-state index contributed by atoms with van der Waals surface area (Å²) in [7, 11) is 0. The number of nitrogens with one attached hydrogen (secondary N) is 2. The molecule has 116 valence electrons. The predicted molar refractivity (Wildman–Crippen MR) is 85.7 cm³/mol. The van der Waals surface area contributed by atoms with Crippen molar-refractivity contribution in [1.29, 1.82) is 0 Å². The second kappa shape index (κ2) is 7.93. The monoisotopic (exact) mass is 310 g/mol. The van der Waals surface area contributed by atoms with Gasteiger partial charge in [0.2, 0.25) is 0 Å². The van der Waals surface area contributed by atoms with E-state index in [1.165, 1.54) is 0 Å². The fourth-order valence-electron chi connectivity index (χ4n) is 1.62. The number of rotatable bonds is 7. The Hall–Kier alpha value is -1.69. The number of carbonyl (C=O) groups excluding carboxylic acids is 1. The third kappa shape index (κ3) is 6.53. The lowest BCUT2D eigenvalue weighted by Crippen LogP contribution is -2.49. The highest BCUT2D eigenvalue weighted by Crippen LogP contribution is 2.19. The van der Waals surface area contributed by atoms with Crippen LogP contribution in [0.5, 0.6) is 0 Å². The number of thioether (sulfide) groups is 1. The number of benzene rings is 1. The maximum Gasteiger partial charge on any atom is 0.326 e. The average molecular weight is 310 g/mol. The zero-order chi connectivity index (χ0) is 15.9. The molecule has 6 heteroatoms. The number of hydrogen-bond donors (Lipinski definition) is 3. The Balaban J connectivity index is 2.55. The van der Waals surface area contributed by atoms with Gasteiger partial charge in [-0.2, -0.15) is 11.8 Å². The molecule has 0 bridgehead atoms. The van der Waals surface area contributed by atoms with Crippen LogP contribution < -0.4 is 10.6 Å². The van der Waals surface area contributed by atoms with Gasteiger partial charge < -0.3 is 15.7 Å². The highest BCUT2D eigenvalue weighted by atomic mass is 32.2. The van der Waals surface area contributed by atoms with E-state index in [4.69, 9.17) is 0 Å². The first-order chi connectivity index (χ1) is 9.84. The van der Waals surface area contributed by atoms with Crippen LogP contribution in [-0.2, 0) is 11.2 Å². The van der Waals surface area contributed by atoms with Crippen molar-refractivity contribution in [2.24, 2.45) is 0 Å². The lowest BCUT2D eigenvalue weighted by Gasteiger charge is -2.23. The van der Waals surface area contributed by atoms with Crippen molar-refractivity contribution in [3.63, 3.8) is 0 Å². The summed E-state index contributed by atoms with van der Waals surface area (Å²) >= 11 is 1.64. The summed E-state index contributed by atoms with van der Waals surface area (Å²) in [6.07, 6.45) is 2.23. The van der Waals surface area contributed by atoms with Crippen LogP contribution in [0.25, 0.3) is 0 Å². The van der Waals surface area contributed by atoms with Gasteiger partial charge in [0, 0.05) is 17.7 Å².